The summed E-state index contributed by atoms with van der Waals surface area (Å²) >= 11 is 0. The fourth-order valence-corrected chi connectivity index (χ4v) is 3.08. The Kier molecular flexibility index (Phi) is 7.12. The number of nitrogens with zero attached hydrogens (tertiary/aromatic N) is 2. The summed E-state index contributed by atoms with van der Waals surface area (Å²) in [6.45, 7) is 1.87. The standard InChI is InChI=1S/C20H23N3O4.ClH/c1-26-17-11-15(12-18(13-17)27-2)20(25)23-8-6-22(7-9-23)19(24)14-4-3-5-16(21)10-14;/h3-5,10-13H,6-9,21H2,1-2H3;1H. The maximum atomic E-state index is 12.8. The molecule has 1 saturated heterocycles. The lowest BCUT2D eigenvalue weighted by molar-refractivity contribution is 0.0535. The first-order valence-electron chi connectivity index (χ1n) is 8.69. The molecule has 0 atom stereocenters. The third kappa shape index (κ3) is 4.67. The molecule has 0 bridgehead atoms. The van der Waals surface area contributed by atoms with Crippen LogP contribution in [0.5, 0.6) is 11.5 Å². The Labute approximate surface area is 170 Å². The quantitative estimate of drug-likeness (QED) is 0.789. The third-order valence-corrected chi connectivity index (χ3v) is 4.59. The summed E-state index contributed by atoms with van der Waals surface area (Å²) in [6.07, 6.45) is 0. The molecular formula is C20H24ClN3O4. The second-order valence-electron chi connectivity index (χ2n) is 6.31. The molecule has 7 nitrogen and oxygen atoms in total. The van der Waals surface area contributed by atoms with E-state index in [1.807, 2.05) is 0 Å². The summed E-state index contributed by atoms with van der Waals surface area (Å²) in [5, 5.41) is 0. The van der Waals surface area contributed by atoms with Crippen LogP contribution in [0, 0.1) is 0 Å². The molecule has 2 aromatic rings. The molecule has 1 aliphatic rings. The van der Waals surface area contributed by atoms with E-state index in [1.165, 1.54) is 0 Å². The number of nitrogen functional groups attached to an aromatic ring is 1. The van der Waals surface area contributed by atoms with Crippen molar-refractivity contribution in [1.82, 2.24) is 9.80 Å². The van der Waals surface area contributed by atoms with Gasteiger partial charge in [-0.1, -0.05) is 6.07 Å². The highest BCUT2D eigenvalue weighted by Gasteiger charge is 2.26. The zero-order valence-corrected chi connectivity index (χ0v) is 16.7. The van der Waals surface area contributed by atoms with Crippen molar-refractivity contribution >= 4 is 29.9 Å². The van der Waals surface area contributed by atoms with Crippen LogP contribution >= 0.6 is 12.4 Å². The molecule has 1 heterocycles. The van der Waals surface area contributed by atoms with Crippen molar-refractivity contribution < 1.29 is 19.1 Å². The number of methoxy groups -OCH3 is 2. The number of hydrogen-bond donors (Lipinski definition) is 1. The minimum atomic E-state index is -0.108. The molecule has 0 aliphatic carbocycles. The van der Waals surface area contributed by atoms with Gasteiger partial charge in [0.05, 0.1) is 14.2 Å². The van der Waals surface area contributed by atoms with Crippen LogP contribution in [0.4, 0.5) is 5.69 Å². The van der Waals surface area contributed by atoms with Gasteiger partial charge >= 0.3 is 0 Å². The van der Waals surface area contributed by atoms with Crippen LogP contribution in [0.1, 0.15) is 20.7 Å². The smallest absolute Gasteiger partial charge is 0.254 e. The molecule has 0 spiro atoms. The SMILES string of the molecule is COc1cc(OC)cc(C(=O)N2CCN(C(=O)c3cccc(N)c3)CC2)c1.Cl. The fourth-order valence-electron chi connectivity index (χ4n) is 3.08. The van der Waals surface area contributed by atoms with Gasteiger partial charge < -0.3 is 25.0 Å². The first kappa shape index (κ1) is 21.4. The Morgan fingerprint density at radius 1 is 0.821 bits per heavy atom. The molecule has 2 N–H and O–H groups in total. The van der Waals surface area contributed by atoms with Crippen molar-refractivity contribution in [2.45, 2.75) is 0 Å². The average Bonchev–Trinajstić information content (AvgIpc) is 2.72. The third-order valence-electron chi connectivity index (χ3n) is 4.59. The zero-order valence-electron chi connectivity index (χ0n) is 15.9. The highest BCUT2D eigenvalue weighted by atomic mass is 35.5. The van der Waals surface area contributed by atoms with E-state index >= 15 is 0 Å². The van der Waals surface area contributed by atoms with Crippen molar-refractivity contribution in [3.05, 3.63) is 53.6 Å². The van der Waals surface area contributed by atoms with Gasteiger partial charge in [0.1, 0.15) is 11.5 Å². The Balaban J connectivity index is 0.00000280. The predicted molar refractivity (Wildman–Crippen MR) is 109 cm³/mol. The fraction of sp³-hybridized carbons (Fsp3) is 0.300. The Hall–Kier alpha value is -2.93. The van der Waals surface area contributed by atoms with E-state index in [2.05, 4.69) is 0 Å². The summed E-state index contributed by atoms with van der Waals surface area (Å²) in [4.78, 5) is 28.9. The predicted octanol–water partition coefficient (Wildman–Crippen LogP) is 2.31. The molecular weight excluding hydrogens is 382 g/mol. The largest absolute Gasteiger partial charge is 0.497 e. The van der Waals surface area contributed by atoms with Gasteiger partial charge in [0.15, 0.2) is 0 Å². The average molecular weight is 406 g/mol. The minimum Gasteiger partial charge on any atom is -0.497 e. The van der Waals surface area contributed by atoms with Gasteiger partial charge in [0.2, 0.25) is 0 Å². The van der Waals surface area contributed by atoms with Gasteiger partial charge in [-0.2, -0.15) is 0 Å². The zero-order chi connectivity index (χ0) is 19.4. The number of anilines is 1. The number of piperazine rings is 1. The number of ether oxygens (including phenoxy) is 2. The van der Waals surface area contributed by atoms with E-state index in [0.717, 1.165) is 0 Å². The number of rotatable bonds is 4. The Bertz CT molecular complexity index is 829. The Morgan fingerprint density at radius 3 is 1.79 bits per heavy atom. The van der Waals surface area contributed by atoms with Crippen LogP contribution in [0.3, 0.4) is 0 Å². The highest BCUT2D eigenvalue weighted by molar-refractivity contribution is 5.96. The van der Waals surface area contributed by atoms with Crippen LogP contribution in [0.25, 0.3) is 0 Å². The topological polar surface area (TPSA) is 85.1 Å². The Morgan fingerprint density at radius 2 is 1.32 bits per heavy atom. The van der Waals surface area contributed by atoms with Crippen molar-refractivity contribution in [2.75, 3.05) is 46.1 Å². The monoisotopic (exact) mass is 405 g/mol. The van der Waals surface area contributed by atoms with Gasteiger partial charge in [-0.25, -0.2) is 0 Å². The number of carbonyl (C=O) groups is 2. The van der Waals surface area contributed by atoms with Crippen molar-refractivity contribution in [3.8, 4) is 11.5 Å². The van der Waals surface area contributed by atoms with E-state index in [1.54, 1.807) is 66.5 Å². The molecule has 0 aromatic heterocycles. The summed E-state index contributed by atoms with van der Waals surface area (Å²) in [6, 6.07) is 12.0. The molecule has 150 valence electrons. The molecule has 0 saturated carbocycles. The van der Waals surface area contributed by atoms with Crippen molar-refractivity contribution in [3.63, 3.8) is 0 Å². The van der Waals surface area contributed by atoms with Gasteiger partial charge in [-0.15, -0.1) is 12.4 Å². The van der Waals surface area contributed by atoms with Gasteiger partial charge in [0, 0.05) is 49.1 Å². The molecule has 28 heavy (non-hydrogen) atoms. The maximum Gasteiger partial charge on any atom is 0.254 e. The van der Waals surface area contributed by atoms with Crippen molar-refractivity contribution in [1.29, 1.82) is 0 Å². The molecule has 1 fully saturated rings. The first-order chi connectivity index (χ1) is 13.0. The molecule has 1 aliphatic heterocycles. The van der Waals surface area contributed by atoms with E-state index in [4.69, 9.17) is 15.2 Å². The maximum absolute atomic E-state index is 12.8. The van der Waals surface area contributed by atoms with Crippen LogP contribution in [0.15, 0.2) is 42.5 Å². The second-order valence-corrected chi connectivity index (χ2v) is 6.31. The molecule has 3 rings (SSSR count). The number of carbonyl (C=O) groups excluding carboxylic acids is 2. The summed E-state index contributed by atoms with van der Waals surface area (Å²) in [7, 11) is 3.09. The first-order valence-corrected chi connectivity index (χ1v) is 8.69. The van der Waals surface area contributed by atoms with E-state index in [9.17, 15) is 9.59 Å². The molecule has 8 heteroatoms. The van der Waals surface area contributed by atoms with E-state index in [-0.39, 0.29) is 24.2 Å². The van der Waals surface area contributed by atoms with Crippen molar-refractivity contribution in [2.24, 2.45) is 0 Å². The lowest BCUT2D eigenvalue weighted by atomic mass is 10.1. The van der Waals surface area contributed by atoms with Gasteiger partial charge in [0.25, 0.3) is 11.8 Å². The van der Waals surface area contributed by atoms with Crippen LogP contribution in [-0.2, 0) is 0 Å². The summed E-state index contributed by atoms with van der Waals surface area (Å²) < 4.78 is 10.5. The minimum absolute atomic E-state index is 0. The molecule has 2 aromatic carbocycles. The van der Waals surface area contributed by atoms with Gasteiger partial charge in [-0.05, 0) is 30.3 Å². The lowest BCUT2D eigenvalue weighted by Crippen LogP contribution is -2.50. The van der Waals surface area contributed by atoms with Crippen LogP contribution in [0.2, 0.25) is 0 Å². The van der Waals surface area contributed by atoms with E-state index < -0.39 is 0 Å². The summed E-state index contributed by atoms with van der Waals surface area (Å²) in [5.41, 5.74) is 7.38. The highest BCUT2D eigenvalue weighted by Crippen LogP contribution is 2.24. The number of benzene rings is 2. The van der Waals surface area contributed by atoms with E-state index in [0.29, 0.717) is 54.5 Å². The lowest BCUT2D eigenvalue weighted by Gasteiger charge is -2.35. The number of amides is 2. The molecule has 2 amide bonds. The molecule has 0 radical (unpaired) electrons. The number of hydrogen-bond acceptors (Lipinski definition) is 5. The normalized spacial score (nSPS) is 13.5. The number of nitrogens with two attached hydrogens (primary N) is 1. The molecule has 0 unspecified atom stereocenters. The number of halogens is 1. The van der Waals surface area contributed by atoms with Crippen LogP contribution in [-0.4, -0.2) is 62.0 Å². The summed E-state index contributed by atoms with van der Waals surface area (Å²) in [5.74, 6) is 0.946. The van der Waals surface area contributed by atoms with Gasteiger partial charge in [-0.3, -0.25) is 9.59 Å². The second kappa shape index (κ2) is 9.32. The van der Waals surface area contributed by atoms with Crippen LogP contribution < -0.4 is 15.2 Å².